The minimum Gasteiger partial charge on any atom is -0.481 e. The first kappa shape index (κ1) is 21.4. The third-order valence-electron chi connectivity index (χ3n) is 4.31. The zero-order chi connectivity index (χ0) is 20.4. The number of nitrogens with two attached hydrogens (primary N) is 1. The molecule has 2 aromatic rings. The van der Waals surface area contributed by atoms with Crippen LogP contribution in [-0.2, 0) is 16.0 Å². The molecule has 4 N–H and O–H groups in total. The van der Waals surface area contributed by atoms with Gasteiger partial charge in [0, 0.05) is 11.4 Å². The van der Waals surface area contributed by atoms with Gasteiger partial charge in [-0.05, 0) is 48.1 Å². The second kappa shape index (κ2) is 11.1. The van der Waals surface area contributed by atoms with Crippen molar-refractivity contribution in [2.24, 2.45) is 10.9 Å². The van der Waals surface area contributed by atoms with E-state index in [-0.39, 0.29) is 12.3 Å². The van der Waals surface area contributed by atoms with Crippen LogP contribution < -0.4 is 11.2 Å². The fourth-order valence-corrected chi connectivity index (χ4v) is 2.99. The van der Waals surface area contributed by atoms with Crippen LogP contribution in [0.15, 0.2) is 53.6 Å². The standard InChI is InChI=1S/C21H24ClN3O3/c22-18-11-9-17(10-12-18)19(13-21(27)28)25-20(26)4-2-1-3-15-5-7-16(8-6-15)14-24-23/h5-12,14,19H,1-4,13,23H2,(H,25,26)(H,27,28). The predicted molar refractivity (Wildman–Crippen MR) is 110 cm³/mol. The Morgan fingerprint density at radius 3 is 2.39 bits per heavy atom. The van der Waals surface area contributed by atoms with Crippen molar-refractivity contribution in [2.45, 2.75) is 38.1 Å². The van der Waals surface area contributed by atoms with E-state index in [1.165, 1.54) is 5.56 Å². The Hall–Kier alpha value is -2.86. The summed E-state index contributed by atoms with van der Waals surface area (Å²) >= 11 is 5.87. The number of aryl methyl sites for hydroxylation is 1. The van der Waals surface area contributed by atoms with Crippen LogP contribution in [0.3, 0.4) is 0 Å². The van der Waals surface area contributed by atoms with Crippen LogP contribution >= 0.6 is 11.6 Å². The summed E-state index contributed by atoms with van der Waals surface area (Å²) in [5.41, 5.74) is 2.85. The van der Waals surface area contributed by atoms with Gasteiger partial charge in [0.25, 0.3) is 0 Å². The molecule has 2 aromatic carbocycles. The molecule has 0 heterocycles. The van der Waals surface area contributed by atoms with E-state index in [0.29, 0.717) is 11.4 Å². The van der Waals surface area contributed by atoms with E-state index in [4.69, 9.17) is 22.6 Å². The van der Waals surface area contributed by atoms with Gasteiger partial charge in [-0.15, -0.1) is 0 Å². The summed E-state index contributed by atoms with van der Waals surface area (Å²) < 4.78 is 0. The average Bonchev–Trinajstić information content (AvgIpc) is 2.66. The number of carboxylic acid groups (broad SMARTS) is 1. The molecule has 1 amide bonds. The van der Waals surface area contributed by atoms with Crippen molar-refractivity contribution in [3.8, 4) is 0 Å². The van der Waals surface area contributed by atoms with E-state index in [1.807, 2.05) is 24.3 Å². The predicted octanol–water partition coefficient (Wildman–Crippen LogP) is 3.68. The van der Waals surface area contributed by atoms with E-state index in [9.17, 15) is 9.59 Å². The molecule has 148 valence electrons. The van der Waals surface area contributed by atoms with Crippen LogP contribution in [0.1, 0.15) is 48.4 Å². The smallest absolute Gasteiger partial charge is 0.305 e. The SMILES string of the molecule is NN=Cc1ccc(CCCCC(=O)NC(CC(=O)O)c2ccc(Cl)cc2)cc1. The van der Waals surface area contributed by atoms with Crippen molar-refractivity contribution in [3.05, 3.63) is 70.2 Å². The van der Waals surface area contributed by atoms with Crippen LogP contribution in [0, 0.1) is 0 Å². The van der Waals surface area contributed by atoms with Crippen molar-refractivity contribution in [1.29, 1.82) is 0 Å². The second-order valence-electron chi connectivity index (χ2n) is 6.50. The molecule has 7 heteroatoms. The molecule has 0 aliphatic heterocycles. The number of hydrogen-bond donors (Lipinski definition) is 3. The van der Waals surface area contributed by atoms with Gasteiger partial charge >= 0.3 is 5.97 Å². The summed E-state index contributed by atoms with van der Waals surface area (Å²) in [6.45, 7) is 0. The maximum atomic E-state index is 12.2. The molecule has 0 bridgehead atoms. The minimum atomic E-state index is -0.969. The highest BCUT2D eigenvalue weighted by Gasteiger charge is 2.17. The first-order valence-corrected chi connectivity index (χ1v) is 9.44. The fourth-order valence-electron chi connectivity index (χ4n) is 2.86. The number of nitrogens with one attached hydrogen (secondary N) is 1. The van der Waals surface area contributed by atoms with Gasteiger partial charge in [0.1, 0.15) is 0 Å². The van der Waals surface area contributed by atoms with Gasteiger partial charge in [-0.2, -0.15) is 5.10 Å². The fraction of sp³-hybridized carbons (Fsp3) is 0.286. The molecule has 0 saturated carbocycles. The lowest BCUT2D eigenvalue weighted by molar-refractivity contribution is -0.137. The Labute approximate surface area is 169 Å². The molecular formula is C21H24ClN3O3. The molecule has 0 aliphatic carbocycles. The molecule has 0 saturated heterocycles. The number of rotatable bonds is 10. The summed E-state index contributed by atoms with van der Waals surface area (Å²) in [6.07, 6.45) is 4.21. The number of carbonyl (C=O) groups is 2. The highest BCUT2D eigenvalue weighted by atomic mass is 35.5. The lowest BCUT2D eigenvalue weighted by Gasteiger charge is -2.17. The number of hydrogen-bond acceptors (Lipinski definition) is 4. The largest absolute Gasteiger partial charge is 0.481 e. The first-order valence-electron chi connectivity index (χ1n) is 9.06. The zero-order valence-corrected chi connectivity index (χ0v) is 16.2. The number of halogens is 1. The quantitative estimate of drug-likeness (QED) is 0.244. The van der Waals surface area contributed by atoms with Crippen molar-refractivity contribution in [1.82, 2.24) is 5.32 Å². The van der Waals surface area contributed by atoms with Crippen molar-refractivity contribution >= 4 is 29.7 Å². The summed E-state index contributed by atoms with van der Waals surface area (Å²) in [4.78, 5) is 23.4. The van der Waals surface area contributed by atoms with E-state index < -0.39 is 12.0 Å². The monoisotopic (exact) mass is 401 g/mol. The van der Waals surface area contributed by atoms with Gasteiger partial charge in [0.2, 0.25) is 5.91 Å². The van der Waals surface area contributed by atoms with Crippen LogP contribution in [0.2, 0.25) is 5.02 Å². The van der Waals surface area contributed by atoms with Crippen molar-refractivity contribution in [2.75, 3.05) is 0 Å². The van der Waals surface area contributed by atoms with Gasteiger partial charge in [-0.1, -0.05) is 48.0 Å². The number of amides is 1. The van der Waals surface area contributed by atoms with Gasteiger partial charge in [-0.25, -0.2) is 0 Å². The Morgan fingerprint density at radius 1 is 1.11 bits per heavy atom. The third kappa shape index (κ3) is 7.40. The average molecular weight is 402 g/mol. The topological polar surface area (TPSA) is 105 Å². The van der Waals surface area contributed by atoms with E-state index >= 15 is 0 Å². The maximum absolute atomic E-state index is 12.2. The summed E-state index contributed by atoms with van der Waals surface area (Å²) in [6, 6.07) is 14.2. The summed E-state index contributed by atoms with van der Waals surface area (Å²) in [5.74, 6) is 4.00. The molecule has 28 heavy (non-hydrogen) atoms. The summed E-state index contributed by atoms with van der Waals surface area (Å²) in [7, 11) is 0. The Bertz CT molecular complexity index is 805. The lowest BCUT2D eigenvalue weighted by atomic mass is 10.0. The van der Waals surface area contributed by atoms with Crippen LogP contribution in [-0.4, -0.2) is 23.2 Å². The van der Waals surface area contributed by atoms with Gasteiger partial charge in [-0.3, -0.25) is 9.59 Å². The van der Waals surface area contributed by atoms with Gasteiger partial charge in [0.05, 0.1) is 18.7 Å². The third-order valence-corrected chi connectivity index (χ3v) is 4.56. The normalized spacial score (nSPS) is 12.0. The number of aliphatic carboxylic acids is 1. The first-order chi connectivity index (χ1) is 13.5. The Balaban J connectivity index is 1.80. The van der Waals surface area contributed by atoms with Crippen molar-refractivity contribution < 1.29 is 14.7 Å². The number of unbranched alkanes of at least 4 members (excludes halogenated alkanes) is 1. The highest BCUT2D eigenvalue weighted by Crippen LogP contribution is 2.20. The van der Waals surface area contributed by atoms with E-state index in [2.05, 4.69) is 10.4 Å². The second-order valence-corrected chi connectivity index (χ2v) is 6.93. The molecule has 0 spiro atoms. The molecule has 0 radical (unpaired) electrons. The molecular weight excluding hydrogens is 378 g/mol. The maximum Gasteiger partial charge on any atom is 0.305 e. The molecule has 1 unspecified atom stereocenters. The van der Waals surface area contributed by atoms with Crippen molar-refractivity contribution in [3.63, 3.8) is 0 Å². The van der Waals surface area contributed by atoms with E-state index in [0.717, 1.165) is 30.4 Å². The molecule has 6 nitrogen and oxygen atoms in total. The molecule has 0 fully saturated rings. The number of nitrogens with zero attached hydrogens (tertiary/aromatic N) is 1. The zero-order valence-electron chi connectivity index (χ0n) is 15.5. The van der Waals surface area contributed by atoms with Crippen LogP contribution in [0.5, 0.6) is 0 Å². The van der Waals surface area contributed by atoms with Gasteiger partial charge < -0.3 is 16.3 Å². The molecule has 0 aromatic heterocycles. The molecule has 1 atom stereocenters. The number of carboxylic acids is 1. The minimum absolute atomic E-state index is 0.157. The highest BCUT2D eigenvalue weighted by molar-refractivity contribution is 6.30. The Kier molecular flexibility index (Phi) is 8.49. The van der Waals surface area contributed by atoms with Crippen LogP contribution in [0.4, 0.5) is 0 Å². The summed E-state index contributed by atoms with van der Waals surface area (Å²) in [5, 5.41) is 16.0. The number of benzene rings is 2. The molecule has 0 aliphatic rings. The van der Waals surface area contributed by atoms with E-state index in [1.54, 1.807) is 30.5 Å². The lowest BCUT2D eigenvalue weighted by Crippen LogP contribution is -2.30. The number of hydrazone groups is 1. The Morgan fingerprint density at radius 2 is 1.79 bits per heavy atom. The van der Waals surface area contributed by atoms with Crippen LogP contribution in [0.25, 0.3) is 0 Å². The number of carbonyl (C=O) groups excluding carboxylic acids is 1. The van der Waals surface area contributed by atoms with Gasteiger partial charge in [0.15, 0.2) is 0 Å². The molecule has 2 rings (SSSR count).